The fourth-order valence-electron chi connectivity index (χ4n) is 1.92. The van der Waals surface area contributed by atoms with E-state index in [9.17, 15) is 14.0 Å². The highest BCUT2D eigenvalue weighted by Crippen LogP contribution is 2.13. The number of carboxylic acid groups (broad SMARTS) is 1. The van der Waals surface area contributed by atoms with Gasteiger partial charge in [0.15, 0.2) is 0 Å². The minimum atomic E-state index is -1.07. The van der Waals surface area contributed by atoms with Crippen LogP contribution in [0.1, 0.15) is 38.8 Å². The van der Waals surface area contributed by atoms with Gasteiger partial charge in [0.1, 0.15) is 11.9 Å². The summed E-state index contributed by atoms with van der Waals surface area (Å²) in [4.78, 5) is 23.0. The van der Waals surface area contributed by atoms with Gasteiger partial charge in [-0.1, -0.05) is 32.4 Å². The van der Waals surface area contributed by atoms with Crippen molar-refractivity contribution >= 4 is 12.0 Å². The van der Waals surface area contributed by atoms with Crippen LogP contribution in [0.25, 0.3) is 0 Å². The number of benzene rings is 1. The van der Waals surface area contributed by atoms with Gasteiger partial charge in [-0.2, -0.15) is 0 Å². The second-order valence-electron chi connectivity index (χ2n) is 5.10. The molecule has 5 nitrogen and oxygen atoms in total. The molecule has 6 heteroatoms. The third kappa shape index (κ3) is 5.06. The summed E-state index contributed by atoms with van der Waals surface area (Å²) in [5, 5.41) is 14.2. The van der Waals surface area contributed by atoms with Gasteiger partial charge >= 0.3 is 12.0 Å². The third-order valence-electron chi connectivity index (χ3n) is 3.46. The van der Waals surface area contributed by atoms with Crippen LogP contribution in [-0.4, -0.2) is 23.1 Å². The number of nitrogens with one attached hydrogen (secondary N) is 2. The van der Waals surface area contributed by atoms with Gasteiger partial charge in [-0.15, -0.1) is 0 Å². The lowest BCUT2D eigenvalue weighted by molar-refractivity contribution is -0.140. The molecule has 0 saturated heterocycles. The van der Waals surface area contributed by atoms with Crippen molar-refractivity contribution in [3.05, 3.63) is 35.6 Å². The number of hydrogen-bond donors (Lipinski definition) is 3. The van der Waals surface area contributed by atoms with Gasteiger partial charge in [0.05, 0.1) is 6.04 Å². The quantitative estimate of drug-likeness (QED) is 0.755. The molecule has 1 rings (SSSR count). The van der Waals surface area contributed by atoms with Gasteiger partial charge in [-0.3, -0.25) is 0 Å². The van der Waals surface area contributed by atoms with Gasteiger partial charge in [0, 0.05) is 0 Å². The third-order valence-corrected chi connectivity index (χ3v) is 3.46. The monoisotopic (exact) mass is 296 g/mol. The van der Waals surface area contributed by atoms with Crippen molar-refractivity contribution < 1.29 is 19.1 Å². The second-order valence-corrected chi connectivity index (χ2v) is 5.10. The van der Waals surface area contributed by atoms with E-state index >= 15 is 0 Å². The molecule has 0 aliphatic carbocycles. The number of carboxylic acids is 1. The second kappa shape index (κ2) is 7.61. The van der Waals surface area contributed by atoms with Crippen LogP contribution in [0.4, 0.5) is 9.18 Å². The Bertz CT molecular complexity index is 507. The molecule has 0 fully saturated rings. The summed E-state index contributed by atoms with van der Waals surface area (Å²) in [6, 6.07) is 3.94. The topological polar surface area (TPSA) is 78.4 Å². The largest absolute Gasteiger partial charge is 0.480 e. The molecule has 21 heavy (non-hydrogen) atoms. The molecule has 0 aliphatic heterocycles. The smallest absolute Gasteiger partial charge is 0.326 e. The first-order valence-corrected chi connectivity index (χ1v) is 6.90. The van der Waals surface area contributed by atoms with Crippen LogP contribution >= 0.6 is 0 Å². The van der Waals surface area contributed by atoms with Crippen LogP contribution < -0.4 is 10.6 Å². The molecule has 0 aliphatic rings. The summed E-state index contributed by atoms with van der Waals surface area (Å²) in [6.07, 6.45) is 0.636. The van der Waals surface area contributed by atoms with Gasteiger partial charge in [-0.25, -0.2) is 14.0 Å². The van der Waals surface area contributed by atoms with Crippen molar-refractivity contribution in [1.29, 1.82) is 0 Å². The van der Waals surface area contributed by atoms with Crippen LogP contribution in [0, 0.1) is 11.7 Å². The Balaban J connectivity index is 2.65. The van der Waals surface area contributed by atoms with Gasteiger partial charge in [0.25, 0.3) is 0 Å². The summed E-state index contributed by atoms with van der Waals surface area (Å²) in [5.41, 5.74) is 0.612. The zero-order valence-electron chi connectivity index (χ0n) is 12.4. The van der Waals surface area contributed by atoms with E-state index in [0.29, 0.717) is 12.0 Å². The molecule has 3 atom stereocenters. The number of amides is 2. The van der Waals surface area contributed by atoms with Crippen molar-refractivity contribution in [3.8, 4) is 0 Å². The molecule has 0 radical (unpaired) electrons. The Labute approximate surface area is 123 Å². The van der Waals surface area contributed by atoms with E-state index in [0.717, 1.165) is 0 Å². The highest BCUT2D eigenvalue weighted by atomic mass is 19.1. The molecule has 116 valence electrons. The van der Waals surface area contributed by atoms with E-state index in [1.54, 1.807) is 26.0 Å². The van der Waals surface area contributed by atoms with E-state index < -0.39 is 24.1 Å². The van der Waals surface area contributed by atoms with Gasteiger partial charge < -0.3 is 15.7 Å². The molecule has 1 aromatic carbocycles. The summed E-state index contributed by atoms with van der Waals surface area (Å²) < 4.78 is 13.1. The SMILES string of the molecule is CCC(C)[C@H](NC(=O)NC(C)c1cccc(F)c1)C(=O)O. The molecular weight excluding hydrogens is 275 g/mol. The van der Waals surface area contributed by atoms with Crippen molar-refractivity contribution in [3.63, 3.8) is 0 Å². The first-order valence-electron chi connectivity index (χ1n) is 6.90. The molecule has 1 aromatic rings. The van der Waals surface area contributed by atoms with Crippen LogP contribution in [0.3, 0.4) is 0 Å². The van der Waals surface area contributed by atoms with E-state index in [-0.39, 0.29) is 11.7 Å². The van der Waals surface area contributed by atoms with Crippen molar-refractivity contribution in [2.75, 3.05) is 0 Å². The van der Waals surface area contributed by atoms with Crippen LogP contribution in [0.2, 0.25) is 0 Å². The van der Waals surface area contributed by atoms with E-state index in [1.165, 1.54) is 12.1 Å². The summed E-state index contributed by atoms with van der Waals surface area (Å²) in [6.45, 7) is 5.32. The first-order chi connectivity index (χ1) is 9.85. The molecule has 0 bridgehead atoms. The normalized spacial score (nSPS) is 14.9. The number of aliphatic carboxylic acids is 1. The summed E-state index contributed by atoms with van der Waals surface area (Å²) in [5.74, 6) is -1.64. The number of halogens is 1. The fraction of sp³-hybridized carbons (Fsp3) is 0.467. The molecule has 3 N–H and O–H groups in total. The molecule has 0 heterocycles. The predicted octanol–water partition coefficient (Wildman–Crippen LogP) is 2.69. The lowest BCUT2D eigenvalue weighted by Crippen LogP contribution is -2.49. The zero-order chi connectivity index (χ0) is 16.0. The minimum Gasteiger partial charge on any atom is -0.480 e. The number of hydrogen-bond acceptors (Lipinski definition) is 2. The van der Waals surface area contributed by atoms with Crippen LogP contribution in [0.5, 0.6) is 0 Å². The molecule has 0 spiro atoms. The van der Waals surface area contributed by atoms with Crippen molar-refractivity contribution in [2.24, 2.45) is 5.92 Å². The number of urea groups is 1. The Hall–Kier alpha value is -2.11. The van der Waals surface area contributed by atoms with Crippen LogP contribution in [-0.2, 0) is 4.79 Å². The van der Waals surface area contributed by atoms with Crippen molar-refractivity contribution in [2.45, 2.75) is 39.3 Å². The Morgan fingerprint density at radius 3 is 2.48 bits per heavy atom. The van der Waals surface area contributed by atoms with Crippen LogP contribution in [0.15, 0.2) is 24.3 Å². The minimum absolute atomic E-state index is 0.183. The number of carbonyl (C=O) groups is 2. The molecule has 0 aromatic heterocycles. The Kier molecular flexibility index (Phi) is 6.14. The molecule has 2 unspecified atom stereocenters. The average Bonchev–Trinajstić information content (AvgIpc) is 2.43. The fourth-order valence-corrected chi connectivity index (χ4v) is 1.92. The zero-order valence-corrected chi connectivity index (χ0v) is 12.4. The maximum absolute atomic E-state index is 13.1. The summed E-state index contributed by atoms with van der Waals surface area (Å²) in [7, 11) is 0. The van der Waals surface area contributed by atoms with Gasteiger partial charge in [0.2, 0.25) is 0 Å². The highest BCUT2D eigenvalue weighted by Gasteiger charge is 2.25. The number of rotatable bonds is 6. The van der Waals surface area contributed by atoms with Crippen molar-refractivity contribution in [1.82, 2.24) is 10.6 Å². The maximum atomic E-state index is 13.1. The lowest BCUT2D eigenvalue weighted by Gasteiger charge is -2.22. The Morgan fingerprint density at radius 1 is 1.29 bits per heavy atom. The van der Waals surface area contributed by atoms with Gasteiger partial charge in [-0.05, 0) is 30.5 Å². The molecule has 0 saturated carbocycles. The first kappa shape index (κ1) is 16.9. The summed E-state index contributed by atoms with van der Waals surface area (Å²) >= 11 is 0. The Morgan fingerprint density at radius 2 is 1.95 bits per heavy atom. The lowest BCUT2D eigenvalue weighted by atomic mass is 9.99. The average molecular weight is 296 g/mol. The maximum Gasteiger partial charge on any atom is 0.326 e. The van der Waals surface area contributed by atoms with E-state index in [2.05, 4.69) is 10.6 Å². The molecule has 2 amide bonds. The number of carbonyl (C=O) groups excluding carboxylic acids is 1. The predicted molar refractivity (Wildman–Crippen MR) is 77.4 cm³/mol. The van der Waals surface area contributed by atoms with E-state index in [4.69, 9.17) is 5.11 Å². The standard InChI is InChI=1S/C15H21FN2O3/c1-4-9(2)13(14(19)20)18-15(21)17-10(3)11-6-5-7-12(16)8-11/h5-10,13H,4H2,1-3H3,(H,19,20)(H2,17,18,21)/t9?,10?,13-/m0/s1. The molecular formula is C15H21FN2O3. The highest BCUT2D eigenvalue weighted by molar-refractivity contribution is 5.82. The van der Waals surface area contributed by atoms with E-state index in [1.807, 2.05) is 6.92 Å².